The van der Waals surface area contributed by atoms with Crippen LogP contribution in [0.5, 0.6) is 0 Å². The van der Waals surface area contributed by atoms with Crippen LogP contribution in [0.2, 0.25) is 0 Å². The molecule has 1 aromatic carbocycles. The van der Waals surface area contributed by atoms with Crippen molar-refractivity contribution < 1.29 is 0 Å². The van der Waals surface area contributed by atoms with Gasteiger partial charge >= 0.3 is 0 Å². The van der Waals surface area contributed by atoms with Crippen molar-refractivity contribution in [2.75, 3.05) is 31.6 Å². The molecule has 0 spiro atoms. The fourth-order valence-corrected chi connectivity index (χ4v) is 3.43. The van der Waals surface area contributed by atoms with Gasteiger partial charge in [-0.1, -0.05) is 6.07 Å². The smallest absolute Gasteiger partial charge is 0.0513 e. The standard InChI is InChI=1S/C15H24BrN3/c1-11-4-5-15(14(16)8-11)19-10-13(9-17)18(3)7-6-12(19)2/h4-5,8,12-13H,6-7,9-10,17H2,1-3H3. The van der Waals surface area contributed by atoms with Gasteiger partial charge in [0.1, 0.15) is 0 Å². The first-order valence-corrected chi connectivity index (χ1v) is 7.75. The highest BCUT2D eigenvalue weighted by Crippen LogP contribution is 2.30. The van der Waals surface area contributed by atoms with E-state index in [1.54, 1.807) is 0 Å². The average molecular weight is 326 g/mol. The SMILES string of the molecule is Cc1ccc(N2CC(CN)N(C)CCC2C)c(Br)c1. The van der Waals surface area contributed by atoms with Gasteiger partial charge in [-0.2, -0.15) is 0 Å². The summed E-state index contributed by atoms with van der Waals surface area (Å²) in [6.45, 7) is 7.25. The summed E-state index contributed by atoms with van der Waals surface area (Å²) in [7, 11) is 2.18. The summed E-state index contributed by atoms with van der Waals surface area (Å²) in [5.41, 5.74) is 8.50. The van der Waals surface area contributed by atoms with Crippen LogP contribution in [0.25, 0.3) is 0 Å². The maximum atomic E-state index is 5.93. The van der Waals surface area contributed by atoms with Gasteiger partial charge in [-0.3, -0.25) is 0 Å². The van der Waals surface area contributed by atoms with Gasteiger partial charge in [-0.25, -0.2) is 0 Å². The zero-order chi connectivity index (χ0) is 14.0. The molecule has 4 heteroatoms. The number of likely N-dealkylation sites (N-methyl/N-ethyl adjacent to an activating group) is 1. The molecule has 1 aliphatic heterocycles. The van der Waals surface area contributed by atoms with Crippen LogP contribution in [-0.2, 0) is 0 Å². The van der Waals surface area contributed by atoms with Crippen LogP contribution >= 0.6 is 15.9 Å². The zero-order valence-corrected chi connectivity index (χ0v) is 13.7. The number of nitrogens with two attached hydrogens (primary N) is 1. The van der Waals surface area contributed by atoms with Gasteiger partial charge in [0.15, 0.2) is 0 Å². The van der Waals surface area contributed by atoms with Gasteiger partial charge in [0.05, 0.1) is 5.69 Å². The van der Waals surface area contributed by atoms with E-state index in [2.05, 4.69) is 64.8 Å². The first kappa shape index (κ1) is 14.8. The molecule has 2 N–H and O–H groups in total. The number of hydrogen-bond acceptors (Lipinski definition) is 3. The second kappa shape index (κ2) is 6.25. The summed E-state index contributed by atoms with van der Waals surface area (Å²) in [6, 6.07) is 7.55. The molecule has 2 rings (SSSR count). The molecule has 1 saturated heterocycles. The molecule has 1 heterocycles. The third-order valence-corrected chi connectivity index (χ3v) is 4.78. The van der Waals surface area contributed by atoms with Crippen LogP contribution in [0.15, 0.2) is 22.7 Å². The molecule has 19 heavy (non-hydrogen) atoms. The van der Waals surface area contributed by atoms with Gasteiger partial charge < -0.3 is 15.5 Å². The summed E-state index contributed by atoms with van der Waals surface area (Å²) in [4.78, 5) is 4.88. The second-order valence-corrected chi connectivity index (χ2v) is 6.47. The minimum Gasteiger partial charge on any atom is -0.366 e. The number of halogens is 1. The molecule has 2 atom stereocenters. The van der Waals surface area contributed by atoms with Gasteiger partial charge in [-0.05, 0) is 60.9 Å². The Morgan fingerprint density at radius 2 is 2.16 bits per heavy atom. The highest BCUT2D eigenvalue weighted by atomic mass is 79.9. The highest BCUT2D eigenvalue weighted by Gasteiger charge is 2.26. The quantitative estimate of drug-likeness (QED) is 0.907. The molecule has 0 saturated carbocycles. The Labute approximate surface area is 124 Å². The minimum atomic E-state index is 0.429. The fraction of sp³-hybridized carbons (Fsp3) is 0.600. The van der Waals surface area contributed by atoms with Gasteiger partial charge in [0.2, 0.25) is 0 Å². The van der Waals surface area contributed by atoms with Crippen LogP contribution in [0.4, 0.5) is 5.69 Å². The van der Waals surface area contributed by atoms with Crippen molar-refractivity contribution >= 4 is 21.6 Å². The van der Waals surface area contributed by atoms with Crippen LogP contribution in [0, 0.1) is 6.92 Å². The van der Waals surface area contributed by atoms with Crippen LogP contribution in [-0.4, -0.2) is 43.7 Å². The Kier molecular flexibility index (Phi) is 4.87. The molecule has 106 valence electrons. The average Bonchev–Trinajstić information content (AvgIpc) is 2.51. The molecule has 3 nitrogen and oxygen atoms in total. The van der Waals surface area contributed by atoms with Gasteiger partial charge in [-0.15, -0.1) is 0 Å². The summed E-state index contributed by atoms with van der Waals surface area (Å²) in [5, 5.41) is 0. The lowest BCUT2D eigenvalue weighted by Crippen LogP contribution is -2.45. The number of rotatable bonds is 2. The molecule has 0 aliphatic carbocycles. The van der Waals surface area contributed by atoms with Crippen LogP contribution in [0.3, 0.4) is 0 Å². The Morgan fingerprint density at radius 1 is 1.42 bits per heavy atom. The first-order valence-electron chi connectivity index (χ1n) is 6.96. The highest BCUT2D eigenvalue weighted by molar-refractivity contribution is 9.10. The van der Waals surface area contributed by atoms with Crippen molar-refractivity contribution in [2.45, 2.75) is 32.4 Å². The fourth-order valence-electron chi connectivity index (χ4n) is 2.71. The van der Waals surface area contributed by atoms with Gasteiger partial charge in [0, 0.05) is 36.2 Å². The van der Waals surface area contributed by atoms with E-state index in [0.29, 0.717) is 18.6 Å². The topological polar surface area (TPSA) is 32.5 Å². The van der Waals surface area contributed by atoms with E-state index in [0.717, 1.165) is 13.1 Å². The molecule has 1 aromatic rings. The molecular weight excluding hydrogens is 302 g/mol. The molecule has 0 amide bonds. The van der Waals surface area contributed by atoms with Crippen molar-refractivity contribution in [1.29, 1.82) is 0 Å². The van der Waals surface area contributed by atoms with E-state index in [1.165, 1.54) is 22.1 Å². The third-order valence-electron chi connectivity index (χ3n) is 4.15. The van der Waals surface area contributed by atoms with Crippen molar-refractivity contribution in [2.24, 2.45) is 5.73 Å². The third kappa shape index (κ3) is 3.30. The van der Waals surface area contributed by atoms with Crippen LogP contribution < -0.4 is 10.6 Å². The Morgan fingerprint density at radius 3 is 2.79 bits per heavy atom. The minimum absolute atomic E-state index is 0.429. The lowest BCUT2D eigenvalue weighted by atomic mass is 10.1. The number of aryl methyl sites for hydroxylation is 1. The number of anilines is 1. The normalized spacial score (nSPS) is 25.4. The predicted molar refractivity (Wildman–Crippen MR) is 85.8 cm³/mol. The summed E-state index contributed by atoms with van der Waals surface area (Å²) < 4.78 is 1.18. The van der Waals surface area contributed by atoms with Crippen molar-refractivity contribution in [3.05, 3.63) is 28.2 Å². The molecule has 0 radical (unpaired) electrons. The zero-order valence-electron chi connectivity index (χ0n) is 12.1. The van der Waals surface area contributed by atoms with E-state index in [1.807, 2.05) is 0 Å². The molecule has 0 aromatic heterocycles. The molecule has 1 fully saturated rings. The number of hydrogen-bond donors (Lipinski definition) is 1. The van der Waals surface area contributed by atoms with Gasteiger partial charge in [0.25, 0.3) is 0 Å². The van der Waals surface area contributed by atoms with E-state index < -0.39 is 0 Å². The first-order chi connectivity index (χ1) is 9.02. The van der Waals surface area contributed by atoms with Crippen LogP contribution in [0.1, 0.15) is 18.9 Å². The lowest BCUT2D eigenvalue weighted by Gasteiger charge is -2.33. The van der Waals surface area contributed by atoms with E-state index in [-0.39, 0.29) is 0 Å². The maximum absolute atomic E-state index is 5.93. The van der Waals surface area contributed by atoms with E-state index in [9.17, 15) is 0 Å². The molecule has 0 bridgehead atoms. The van der Waals surface area contributed by atoms with Crippen molar-refractivity contribution in [3.63, 3.8) is 0 Å². The second-order valence-electron chi connectivity index (χ2n) is 5.62. The lowest BCUT2D eigenvalue weighted by molar-refractivity contribution is 0.265. The molecule has 1 aliphatic rings. The Bertz CT molecular complexity index is 435. The van der Waals surface area contributed by atoms with Crippen molar-refractivity contribution in [1.82, 2.24) is 4.90 Å². The predicted octanol–water partition coefficient (Wildman–Crippen LogP) is 2.62. The number of benzene rings is 1. The summed E-state index contributed by atoms with van der Waals surface area (Å²) >= 11 is 3.71. The molecule has 2 unspecified atom stereocenters. The number of nitrogens with zero attached hydrogens (tertiary/aromatic N) is 2. The monoisotopic (exact) mass is 325 g/mol. The Hall–Kier alpha value is -0.580. The van der Waals surface area contributed by atoms with Crippen molar-refractivity contribution in [3.8, 4) is 0 Å². The maximum Gasteiger partial charge on any atom is 0.0513 e. The summed E-state index contributed by atoms with van der Waals surface area (Å²) in [5.74, 6) is 0. The Balaban J connectivity index is 2.29. The summed E-state index contributed by atoms with van der Waals surface area (Å²) in [6.07, 6.45) is 1.17. The van der Waals surface area contributed by atoms with E-state index in [4.69, 9.17) is 5.73 Å². The van der Waals surface area contributed by atoms with E-state index >= 15 is 0 Å². The largest absolute Gasteiger partial charge is 0.366 e. The molecular formula is C15H24BrN3.